The molecule has 0 aliphatic carbocycles. The molecule has 0 radical (unpaired) electrons. The number of benzene rings is 1. The van der Waals surface area contributed by atoms with Crippen molar-refractivity contribution >= 4 is 17.3 Å². The Kier molecular flexibility index (Phi) is 3.52. The van der Waals surface area contributed by atoms with Crippen LogP contribution in [0.25, 0.3) is 0 Å². The van der Waals surface area contributed by atoms with E-state index in [1.165, 1.54) is 11.0 Å². The highest BCUT2D eigenvalue weighted by atomic mass is 19.1. The Balaban J connectivity index is 2.25. The largest absolute Gasteiger partial charge is 0.396 e. The van der Waals surface area contributed by atoms with Crippen LogP contribution >= 0.6 is 0 Å². The van der Waals surface area contributed by atoms with Gasteiger partial charge in [0.2, 0.25) is 5.91 Å². The number of hydrogen-bond acceptors (Lipinski definition) is 3. The molecule has 1 aliphatic heterocycles. The van der Waals surface area contributed by atoms with Gasteiger partial charge in [0, 0.05) is 45.3 Å². The van der Waals surface area contributed by atoms with E-state index >= 15 is 0 Å². The molecule has 1 N–H and O–H groups in total. The molecule has 0 spiro atoms. The van der Waals surface area contributed by atoms with Crippen LogP contribution in [-0.2, 0) is 4.79 Å². The first kappa shape index (κ1) is 12.8. The van der Waals surface area contributed by atoms with E-state index in [9.17, 15) is 9.18 Å². The molecule has 2 rings (SSSR count). The summed E-state index contributed by atoms with van der Waals surface area (Å²) in [6.45, 7) is 0.441. The normalized spacial score (nSPS) is 19.4. The van der Waals surface area contributed by atoms with Crippen LogP contribution in [0.4, 0.5) is 15.8 Å². The fourth-order valence-electron chi connectivity index (χ4n) is 2.18. The summed E-state index contributed by atoms with van der Waals surface area (Å²) in [6, 6.07) is 4.76. The van der Waals surface area contributed by atoms with Crippen molar-refractivity contribution in [1.29, 1.82) is 0 Å². The summed E-state index contributed by atoms with van der Waals surface area (Å²) in [6.07, 6.45) is 0.327. The highest BCUT2D eigenvalue weighted by Crippen LogP contribution is 2.28. The molecule has 1 fully saturated rings. The second kappa shape index (κ2) is 4.94. The second-order valence-corrected chi connectivity index (χ2v) is 4.79. The minimum atomic E-state index is -0.349. The number of rotatable bonds is 3. The first-order valence-corrected chi connectivity index (χ1v) is 5.91. The lowest BCUT2D eigenvalue weighted by Crippen LogP contribution is -2.25. The third-order valence-electron chi connectivity index (χ3n) is 3.19. The molecular weight excluding hydrogens is 235 g/mol. The maximum Gasteiger partial charge on any atom is 0.227 e. The number of nitrogens with zero attached hydrogens (tertiary/aromatic N) is 2. The highest BCUT2D eigenvalue weighted by Gasteiger charge is 2.30. The third-order valence-corrected chi connectivity index (χ3v) is 3.19. The van der Waals surface area contributed by atoms with E-state index in [2.05, 4.69) is 0 Å². The van der Waals surface area contributed by atoms with Gasteiger partial charge in [-0.05, 0) is 18.2 Å². The van der Waals surface area contributed by atoms with Gasteiger partial charge in [-0.3, -0.25) is 4.79 Å². The van der Waals surface area contributed by atoms with Gasteiger partial charge in [0.25, 0.3) is 0 Å². The zero-order chi connectivity index (χ0) is 13.3. The third kappa shape index (κ3) is 2.31. The summed E-state index contributed by atoms with van der Waals surface area (Å²) in [4.78, 5) is 15.0. The molecule has 0 bridgehead atoms. The summed E-state index contributed by atoms with van der Waals surface area (Å²) in [5.74, 6) is -0.460. The topological polar surface area (TPSA) is 43.8 Å². The smallest absolute Gasteiger partial charge is 0.227 e. The maximum atomic E-state index is 13.8. The lowest BCUT2D eigenvalue weighted by molar-refractivity contribution is -0.117. The zero-order valence-electron chi connectivity index (χ0n) is 10.6. The molecule has 1 aromatic rings. The van der Waals surface area contributed by atoms with Crippen molar-refractivity contribution in [2.24, 2.45) is 5.92 Å². The number of halogens is 1. The van der Waals surface area contributed by atoms with E-state index in [0.717, 1.165) is 0 Å². The van der Waals surface area contributed by atoms with Crippen molar-refractivity contribution in [2.75, 3.05) is 37.0 Å². The van der Waals surface area contributed by atoms with Crippen molar-refractivity contribution in [3.8, 4) is 0 Å². The van der Waals surface area contributed by atoms with Crippen LogP contribution in [0.2, 0.25) is 0 Å². The Morgan fingerprint density at radius 1 is 1.50 bits per heavy atom. The highest BCUT2D eigenvalue weighted by molar-refractivity contribution is 5.95. The maximum absolute atomic E-state index is 13.8. The number of aliphatic hydroxyl groups excluding tert-OH is 1. The van der Waals surface area contributed by atoms with Gasteiger partial charge in [0.15, 0.2) is 0 Å². The zero-order valence-corrected chi connectivity index (χ0v) is 10.6. The Labute approximate surface area is 106 Å². The predicted octanol–water partition coefficient (Wildman–Crippen LogP) is 1.24. The van der Waals surface area contributed by atoms with E-state index in [1.54, 1.807) is 31.1 Å². The first-order chi connectivity index (χ1) is 8.52. The molecule has 1 unspecified atom stereocenters. The van der Waals surface area contributed by atoms with E-state index < -0.39 is 0 Å². The Hall–Kier alpha value is -1.62. The Morgan fingerprint density at radius 2 is 2.22 bits per heavy atom. The van der Waals surface area contributed by atoms with Crippen LogP contribution in [-0.4, -0.2) is 38.3 Å². The van der Waals surface area contributed by atoms with Crippen LogP contribution < -0.4 is 9.80 Å². The average molecular weight is 252 g/mol. The standard InChI is InChI=1S/C13H17FN2O2/c1-15(2)12-4-3-10(6-11(12)14)16-7-9(8-17)5-13(16)18/h3-4,6,9,17H,5,7-8H2,1-2H3. The number of carbonyl (C=O) groups excluding carboxylic acids is 1. The molecule has 1 saturated heterocycles. The fourth-order valence-corrected chi connectivity index (χ4v) is 2.18. The molecule has 5 heteroatoms. The second-order valence-electron chi connectivity index (χ2n) is 4.79. The van der Waals surface area contributed by atoms with Crippen molar-refractivity contribution in [3.63, 3.8) is 0 Å². The molecule has 98 valence electrons. The van der Waals surface area contributed by atoms with E-state index in [4.69, 9.17) is 5.11 Å². The van der Waals surface area contributed by atoms with Gasteiger partial charge in [-0.25, -0.2) is 4.39 Å². The van der Waals surface area contributed by atoms with Gasteiger partial charge < -0.3 is 14.9 Å². The summed E-state index contributed by atoms with van der Waals surface area (Å²) in [7, 11) is 3.53. The summed E-state index contributed by atoms with van der Waals surface area (Å²) in [5, 5.41) is 9.06. The molecule has 4 nitrogen and oxygen atoms in total. The molecule has 1 aliphatic rings. The van der Waals surface area contributed by atoms with Crippen LogP contribution in [0, 0.1) is 11.7 Å². The number of hydrogen-bond donors (Lipinski definition) is 1. The fraction of sp³-hybridized carbons (Fsp3) is 0.462. The molecule has 1 heterocycles. The van der Waals surface area contributed by atoms with Gasteiger partial charge in [0.05, 0.1) is 5.69 Å². The van der Waals surface area contributed by atoms with E-state index in [0.29, 0.717) is 24.3 Å². The predicted molar refractivity (Wildman–Crippen MR) is 68.3 cm³/mol. The molecule has 0 saturated carbocycles. The first-order valence-electron chi connectivity index (χ1n) is 5.91. The Bertz CT molecular complexity index is 462. The van der Waals surface area contributed by atoms with Crippen molar-refractivity contribution in [2.45, 2.75) is 6.42 Å². The number of amides is 1. The molecule has 1 amide bonds. The van der Waals surface area contributed by atoms with Gasteiger partial charge >= 0.3 is 0 Å². The minimum Gasteiger partial charge on any atom is -0.396 e. The lowest BCUT2D eigenvalue weighted by Gasteiger charge is -2.19. The molecule has 18 heavy (non-hydrogen) atoms. The van der Waals surface area contributed by atoms with Gasteiger partial charge in [-0.1, -0.05) is 0 Å². The summed E-state index contributed by atoms with van der Waals surface area (Å²) < 4.78 is 13.8. The molecule has 0 aromatic heterocycles. The van der Waals surface area contributed by atoms with Crippen molar-refractivity contribution < 1.29 is 14.3 Å². The van der Waals surface area contributed by atoms with Crippen LogP contribution in [0.1, 0.15) is 6.42 Å². The lowest BCUT2D eigenvalue weighted by atomic mass is 10.1. The van der Waals surface area contributed by atoms with E-state index in [-0.39, 0.29) is 24.2 Å². The van der Waals surface area contributed by atoms with E-state index in [1.807, 2.05) is 0 Å². The van der Waals surface area contributed by atoms with Crippen LogP contribution in [0.3, 0.4) is 0 Å². The summed E-state index contributed by atoms with van der Waals surface area (Å²) in [5.41, 5.74) is 1.04. The SMILES string of the molecule is CN(C)c1ccc(N2CC(CO)CC2=O)cc1F. The number of anilines is 2. The molecule has 1 atom stereocenters. The molecular formula is C13H17FN2O2. The van der Waals surface area contributed by atoms with Crippen molar-refractivity contribution in [3.05, 3.63) is 24.0 Å². The molecule has 1 aromatic carbocycles. The minimum absolute atomic E-state index is 0.0134. The summed E-state index contributed by atoms with van der Waals surface area (Å²) >= 11 is 0. The van der Waals surface area contributed by atoms with Gasteiger partial charge in [0.1, 0.15) is 5.82 Å². The number of carbonyl (C=O) groups is 1. The van der Waals surface area contributed by atoms with Gasteiger partial charge in [-0.2, -0.15) is 0 Å². The Morgan fingerprint density at radius 3 is 2.72 bits per heavy atom. The van der Waals surface area contributed by atoms with Crippen LogP contribution in [0.15, 0.2) is 18.2 Å². The number of aliphatic hydroxyl groups is 1. The van der Waals surface area contributed by atoms with Gasteiger partial charge in [-0.15, -0.1) is 0 Å². The quantitative estimate of drug-likeness (QED) is 0.880. The monoisotopic (exact) mass is 252 g/mol. The van der Waals surface area contributed by atoms with Crippen LogP contribution in [0.5, 0.6) is 0 Å². The average Bonchev–Trinajstić information content (AvgIpc) is 2.70. The van der Waals surface area contributed by atoms with Crippen molar-refractivity contribution in [1.82, 2.24) is 0 Å².